The second-order valence-electron chi connectivity index (χ2n) is 27.1. The average molecular weight is 1900 g/mol. The second-order valence-corrected chi connectivity index (χ2v) is 47.1. The van der Waals surface area contributed by atoms with Crippen molar-refractivity contribution >= 4 is 53.0 Å². The zero-order chi connectivity index (χ0) is 64.8. The minimum Gasteiger partial charge on any atom is -0.732 e. The summed E-state index contributed by atoms with van der Waals surface area (Å²) < 4.78 is 0. The SMILES string of the molecule is C[c-]1[c-](C)[c-](C)[c-]([Si](C)(C)C)[c-]1C.Cc1c(C)c(C)[c-]([Si](C)(C)C)c1C.Cc1c(C)c(C)[c-]([Si](C)(C)C)c1C.Cc1c(C)c(C)[c-]([Si](C)(C)C)c1C.[Lu].[Lu].[Lu].[Lu].[NH-]Cc1ccccc1.[NH-]Cc1ccccc1.[NH-]Cc1ccccc1.[NH-]Cc1ccccc1. The van der Waals surface area contributed by atoms with Gasteiger partial charge in [-0.15, -0.1) is 34.3 Å². The van der Waals surface area contributed by atoms with Gasteiger partial charge in [0.15, 0.2) is 0 Å². The van der Waals surface area contributed by atoms with Crippen LogP contribution in [0.3, 0.4) is 0 Å². The molecule has 528 valence electrons. The Labute approximate surface area is 662 Å². The van der Waals surface area contributed by atoms with Crippen LogP contribution >= 0.6 is 0 Å². The summed E-state index contributed by atoms with van der Waals surface area (Å²) in [5, 5.41) is 6.73. The van der Waals surface area contributed by atoms with E-state index >= 15 is 0 Å². The van der Waals surface area contributed by atoms with Gasteiger partial charge in [0.1, 0.15) is 0 Å². The first-order valence-corrected chi connectivity index (χ1v) is 44.5. The third-order valence-electron chi connectivity index (χ3n) is 16.9. The van der Waals surface area contributed by atoms with Crippen molar-refractivity contribution < 1.29 is 147 Å². The van der Waals surface area contributed by atoms with Crippen molar-refractivity contribution in [2.24, 2.45) is 0 Å². The van der Waals surface area contributed by atoms with Crippen LogP contribution in [0.25, 0.3) is 22.9 Å². The van der Waals surface area contributed by atoms with E-state index in [4.69, 9.17) is 22.9 Å². The molecule has 0 aliphatic carbocycles. The Morgan fingerprint density at radius 1 is 0.250 bits per heavy atom. The zero-order valence-electron chi connectivity index (χ0n) is 59.4. The molecular weight excluding hydrogens is 1780 g/mol. The molecule has 0 bridgehead atoms. The van der Waals surface area contributed by atoms with Crippen LogP contribution in [-0.4, -0.2) is 32.3 Å². The third kappa shape index (κ3) is 29.9. The summed E-state index contributed by atoms with van der Waals surface area (Å²) in [5.41, 5.74) is 56.6. The molecule has 0 aliphatic rings. The number of benzene rings is 4. The van der Waals surface area contributed by atoms with Crippen molar-refractivity contribution in [2.45, 2.75) is 216 Å². The molecule has 88 heavy (non-hydrogen) atoms. The van der Waals surface area contributed by atoms with Crippen LogP contribution < -0.4 is 20.7 Å². The van der Waals surface area contributed by atoms with Crippen molar-refractivity contribution in [3.8, 4) is 0 Å². The van der Waals surface area contributed by atoms with E-state index in [0.29, 0.717) is 26.2 Å². The van der Waals surface area contributed by atoms with Gasteiger partial charge in [0.2, 0.25) is 0 Å². The monoisotopic (exact) mass is 1900 g/mol. The minimum atomic E-state index is -1.13. The topological polar surface area (TPSA) is 95.2 Å². The summed E-state index contributed by atoms with van der Waals surface area (Å²) in [5.74, 6) is 0. The van der Waals surface area contributed by atoms with Gasteiger partial charge in [-0.25, -0.2) is 27.7 Å². The zero-order valence-corrected chi connectivity index (χ0v) is 70.0. The molecule has 8 aromatic rings. The predicted octanol–water partition coefficient (Wildman–Crippen LogP) is 21.7. The van der Waals surface area contributed by atoms with E-state index in [1.165, 1.54) is 44.5 Å². The van der Waals surface area contributed by atoms with E-state index in [1.807, 2.05) is 121 Å². The first-order chi connectivity index (χ1) is 38.8. The summed E-state index contributed by atoms with van der Waals surface area (Å²) in [6.45, 7) is 67.0. The molecule has 0 unspecified atom stereocenters. The first-order valence-electron chi connectivity index (χ1n) is 30.5. The van der Waals surface area contributed by atoms with E-state index in [0.717, 1.165) is 22.3 Å². The van der Waals surface area contributed by atoms with Gasteiger partial charge in [-0.1, -0.05) is 305 Å². The van der Waals surface area contributed by atoms with Crippen LogP contribution in [-0.2, 0) is 26.2 Å². The molecular formula is C76H116Lu4N4Si4-12. The molecule has 0 spiro atoms. The Morgan fingerprint density at radius 3 is 0.477 bits per heavy atom. The van der Waals surface area contributed by atoms with Gasteiger partial charge in [-0.05, 0) is 0 Å². The van der Waals surface area contributed by atoms with Crippen molar-refractivity contribution in [1.29, 1.82) is 0 Å². The predicted molar refractivity (Wildman–Crippen MR) is 394 cm³/mol. The summed E-state index contributed by atoms with van der Waals surface area (Å²) >= 11 is 0. The summed E-state index contributed by atoms with van der Waals surface area (Å²) in [6.07, 6.45) is 0. The maximum Gasteiger partial charge on any atom is 0.0152 e. The maximum atomic E-state index is 6.94. The molecule has 4 N–H and O–H groups in total. The van der Waals surface area contributed by atoms with Gasteiger partial charge in [-0.2, -0.15) is 82.3 Å². The Morgan fingerprint density at radius 2 is 0.398 bits per heavy atom. The van der Waals surface area contributed by atoms with Gasteiger partial charge in [0, 0.05) is 172 Å². The second kappa shape index (κ2) is 44.6. The van der Waals surface area contributed by atoms with Crippen LogP contribution in [0, 0.1) is 258 Å². The molecule has 8 aromatic carbocycles. The van der Waals surface area contributed by atoms with Crippen LogP contribution in [0.1, 0.15) is 111 Å². The average Bonchev–Trinajstić information content (AvgIpc) is 3.17. The largest absolute Gasteiger partial charge is 0.732 e. The molecule has 0 heterocycles. The number of rotatable bonds is 8. The molecule has 0 aliphatic heterocycles. The van der Waals surface area contributed by atoms with E-state index in [2.05, 4.69) is 189 Å². The number of hydrogen-bond donors (Lipinski definition) is 0. The number of nitrogens with one attached hydrogen (secondary N) is 4. The van der Waals surface area contributed by atoms with Crippen molar-refractivity contribution in [3.63, 3.8) is 0 Å². The van der Waals surface area contributed by atoms with Gasteiger partial charge >= 0.3 is 0 Å². The molecule has 0 saturated carbocycles. The molecule has 0 aromatic heterocycles. The van der Waals surface area contributed by atoms with Crippen molar-refractivity contribution in [3.05, 3.63) is 256 Å². The normalized spacial score (nSPS) is 10.5. The summed E-state index contributed by atoms with van der Waals surface area (Å²) in [6, 6.07) is 39.0. The Kier molecular flexibility index (Phi) is 47.8. The molecule has 0 fully saturated rings. The fourth-order valence-electron chi connectivity index (χ4n) is 11.8. The van der Waals surface area contributed by atoms with Crippen LogP contribution in [0.4, 0.5) is 0 Å². The Balaban J connectivity index is -0.000000459. The van der Waals surface area contributed by atoms with Gasteiger partial charge in [0.05, 0.1) is 0 Å². The standard InChI is InChI=1S/4C12H21Si.4C7H8N.4Lu/c4*1-8-9(2)11(4)12(10(8)3)13(5,6)7;4*8-6-7-4-2-1-3-5-7;;;;/h4*1-7H3;4*1-5,8H,6H2;;;;/q-5;7*-1;;;;. The molecule has 0 amide bonds. The summed E-state index contributed by atoms with van der Waals surface area (Å²) in [4.78, 5) is 0. The van der Waals surface area contributed by atoms with E-state index in [-0.39, 0.29) is 147 Å². The van der Waals surface area contributed by atoms with Crippen molar-refractivity contribution in [1.82, 2.24) is 0 Å². The Hall–Kier alpha value is -0.0774. The third-order valence-corrected chi connectivity index (χ3v) is 25.9. The molecule has 4 nitrogen and oxygen atoms in total. The minimum absolute atomic E-state index is 0. The van der Waals surface area contributed by atoms with Crippen LogP contribution in [0.15, 0.2) is 121 Å². The van der Waals surface area contributed by atoms with Crippen LogP contribution in [0.2, 0.25) is 78.6 Å². The molecule has 4 radical (unpaired) electrons. The maximum absolute atomic E-state index is 6.94. The molecule has 0 atom stereocenters. The van der Waals surface area contributed by atoms with E-state index in [9.17, 15) is 0 Å². The van der Waals surface area contributed by atoms with Gasteiger partial charge in [0.25, 0.3) is 0 Å². The summed E-state index contributed by atoms with van der Waals surface area (Å²) in [7, 11) is -4.53. The molecule has 0 saturated heterocycles. The molecule has 8 rings (SSSR count). The molecule has 12 heteroatoms. The number of hydrogen-bond acceptors (Lipinski definition) is 0. The van der Waals surface area contributed by atoms with Crippen molar-refractivity contribution in [2.75, 3.05) is 0 Å². The van der Waals surface area contributed by atoms with Gasteiger partial charge in [-0.3, -0.25) is 0 Å². The van der Waals surface area contributed by atoms with E-state index in [1.54, 1.807) is 65.3 Å². The quantitative estimate of drug-likeness (QED) is 0.107. The smallest absolute Gasteiger partial charge is 0.0152 e. The fraction of sp³-hybridized carbons (Fsp3) is 0.421. The van der Waals surface area contributed by atoms with E-state index < -0.39 is 32.3 Å². The van der Waals surface area contributed by atoms with Crippen LogP contribution in [0.5, 0.6) is 0 Å². The fourth-order valence-corrected chi connectivity index (χ4v) is 22.3. The Bertz CT molecular complexity index is 2650. The first kappa shape index (κ1) is 94.3. The van der Waals surface area contributed by atoms with Gasteiger partial charge < -0.3 is 50.4 Å².